The second-order valence-corrected chi connectivity index (χ2v) is 7.28. The van der Waals surface area contributed by atoms with Crippen LogP contribution in [0.25, 0.3) is 0 Å². The van der Waals surface area contributed by atoms with E-state index in [1.165, 1.54) is 64.2 Å². The first-order valence-electron chi connectivity index (χ1n) is 10.2. The van der Waals surface area contributed by atoms with Gasteiger partial charge in [-0.1, -0.05) is 96.8 Å². The SMILES string of the molecule is CCCCCCCCCCCCCCCCC(O)C(O)(C(=O)O)C(=O)O. The van der Waals surface area contributed by atoms with Crippen LogP contribution >= 0.6 is 0 Å². The van der Waals surface area contributed by atoms with Gasteiger partial charge in [-0.3, -0.25) is 0 Å². The normalized spacial score (nSPS) is 12.9. The van der Waals surface area contributed by atoms with Gasteiger partial charge >= 0.3 is 11.9 Å². The van der Waals surface area contributed by atoms with Gasteiger partial charge < -0.3 is 20.4 Å². The van der Waals surface area contributed by atoms with Crippen LogP contribution in [0.2, 0.25) is 0 Å². The van der Waals surface area contributed by atoms with Crippen LogP contribution in [0.3, 0.4) is 0 Å². The average Bonchev–Trinajstić information content (AvgIpc) is 2.60. The molecule has 0 radical (unpaired) electrons. The minimum Gasteiger partial charge on any atom is -0.479 e. The molecule has 0 spiro atoms. The highest BCUT2D eigenvalue weighted by Crippen LogP contribution is 2.19. The number of aliphatic hydroxyl groups excluding tert-OH is 1. The van der Waals surface area contributed by atoms with Crippen LogP contribution in [0.1, 0.15) is 103 Å². The summed E-state index contributed by atoms with van der Waals surface area (Å²) in [4.78, 5) is 21.7. The maximum atomic E-state index is 10.9. The van der Waals surface area contributed by atoms with Gasteiger partial charge in [0.1, 0.15) is 6.10 Å². The van der Waals surface area contributed by atoms with E-state index >= 15 is 0 Å². The highest BCUT2D eigenvalue weighted by atomic mass is 16.5. The molecule has 0 rings (SSSR count). The van der Waals surface area contributed by atoms with Crippen LogP contribution in [0.15, 0.2) is 0 Å². The summed E-state index contributed by atoms with van der Waals surface area (Å²) in [6.07, 6.45) is 14.6. The maximum absolute atomic E-state index is 10.9. The molecule has 0 bridgehead atoms. The number of carboxylic acid groups (broad SMARTS) is 2. The number of carboxylic acids is 2. The molecule has 0 saturated carbocycles. The Morgan fingerprint density at radius 2 is 1.00 bits per heavy atom. The summed E-state index contributed by atoms with van der Waals surface area (Å²) >= 11 is 0. The quantitative estimate of drug-likeness (QED) is 0.212. The fourth-order valence-electron chi connectivity index (χ4n) is 3.12. The summed E-state index contributed by atoms with van der Waals surface area (Å²) in [7, 11) is 0. The van der Waals surface area contributed by atoms with Gasteiger partial charge in [-0.15, -0.1) is 0 Å². The summed E-state index contributed by atoms with van der Waals surface area (Å²) in [5.74, 6) is -3.86. The van der Waals surface area contributed by atoms with Crippen LogP contribution < -0.4 is 0 Å². The van der Waals surface area contributed by atoms with Crippen LogP contribution in [0.4, 0.5) is 0 Å². The zero-order valence-electron chi connectivity index (χ0n) is 16.3. The van der Waals surface area contributed by atoms with Gasteiger partial charge in [0.05, 0.1) is 0 Å². The molecule has 0 aliphatic carbocycles. The molecule has 0 amide bonds. The second-order valence-electron chi connectivity index (χ2n) is 7.28. The lowest BCUT2D eigenvalue weighted by atomic mass is 9.92. The van der Waals surface area contributed by atoms with E-state index in [2.05, 4.69) is 6.92 Å². The zero-order valence-corrected chi connectivity index (χ0v) is 16.3. The highest BCUT2D eigenvalue weighted by Gasteiger charge is 2.51. The molecule has 0 aliphatic heterocycles. The molecular weight excluding hydrogens is 336 g/mol. The van der Waals surface area contributed by atoms with Crippen molar-refractivity contribution in [2.75, 3.05) is 0 Å². The number of unbranched alkanes of at least 4 members (excludes halogenated alkanes) is 13. The topological polar surface area (TPSA) is 115 Å². The standard InChI is InChI=1S/C20H38O6/c1-2-3-4-5-6-7-8-9-10-11-12-13-14-15-16-17(21)20(26,18(22)23)19(24)25/h17,21,26H,2-16H2,1H3,(H,22,23)(H,24,25). The molecule has 6 nitrogen and oxygen atoms in total. The van der Waals surface area contributed by atoms with Crippen molar-refractivity contribution in [1.29, 1.82) is 0 Å². The van der Waals surface area contributed by atoms with E-state index in [-0.39, 0.29) is 6.42 Å². The van der Waals surface area contributed by atoms with E-state index in [0.29, 0.717) is 6.42 Å². The van der Waals surface area contributed by atoms with Crippen molar-refractivity contribution in [2.45, 2.75) is 115 Å². The molecule has 154 valence electrons. The fourth-order valence-corrected chi connectivity index (χ4v) is 3.12. The lowest BCUT2D eigenvalue weighted by Crippen LogP contribution is -2.55. The lowest BCUT2D eigenvalue weighted by Gasteiger charge is -2.24. The number of rotatable bonds is 18. The molecule has 0 aromatic carbocycles. The molecule has 4 N–H and O–H groups in total. The summed E-state index contributed by atoms with van der Waals surface area (Å²) in [5, 5.41) is 36.9. The van der Waals surface area contributed by atoms with Gasteiger partial charge in [0.2, 0.25) is 0 Å². The van der Waals surface area contributed by atoms with Crippen LogP contribution in [0, 0.1) is 0 Å². The zero-order chi connectivity index (χ0) is 19.8. The van der Waals surface area contributed by atoms with Gasteiger partial charge in [-0.25, -0.2) is 9.59 Å². The van der Waals surface area contributed by atoms with Crippen LogP contribution in [-0.2, 0) is 9.59 Å². The summed E-state index contributed by atoms with van der Waals surface area (Å²) in [5.41, 5.74) is -3.11. The predicted octanol–water partition coefficient (Wildman–Crippen LogP) is 4.12. The van der Waals surface area contributed by atoms with Crippen LogP contribution in [-0.4, -0.2) is 44.1 Å². The third kappa shape index (κ3) is 10.1. The van der Waals surface area contributed by atoms with Crippen molar-refractivity contribution >= 4 is 11.9 Å². The van der Waals surface area contributed by atoms with Crippen molar-refractivity contribution < 1.29 is 30.0 Å². The third-order valence-electron chi connectivity index (χ3n) is 4.97. The Balaban J connectivity index is 3.54. The molecule has 1 unspecified atom stereocenters. The van der Waals surface area contributed by atoms with Gasteiger partial charge in [0, 0.05) is 0 Å². The highest BCUT2D eigenvalue weighted by molar-refractivity contribution is 6.02. The number of hydrogen-bond acceptors (Lipinski definition) is 4. The van der Waals surface area contributed by atoms with Gasteiger partial charge in [0.15, 0.2) is 0 Å². The van der Waals surface area contributed by atoms with Gasteiger partial charge in [-0.05, 0) is 6.42 Å². The molecule has 0 fully saturated rings. The van der Waals surface area contributed by atoms with Crippen molar-refractivity contribution in [3.05, 3.63) is 0 Å². The Morgan fingerprint density at radius 1 is 0.692 bits per heavy atom. The van der Waals surface area contributed by atoms with E-state index in [4.69, 9.17) is 10.2 Å². The first kappa shape index (κ1) is 24.9. The minimum atomic E-state index is -3.11. The van der Waals surface area contributed by atoms with Crippen molar-refractivity contribution in [3.8, 4) is 0 Å². The summed E-state index contributed by atoms with van der Waals surface area (Å²) < 4.78 is 0. The number of hydrogen-bond donors (Lipinski definition) is 4. The van der Waals surface area contributed by atoms with E-state index in [1.807, 2.05) is 0 Å². The predicted molar refractivity (Wildman–Crippen MR) is 101 cm³/mol. The van der Waals surface area contributed by atoms with Gasteiger partial charge in [0.25, 0.3) is 5.60 Å². The van der Waals surface area contributed by atoms with Crippen molar-refractivity contribution in [2.24, 2.45) is 0 Å². The van der Waals surface area contributed by atoms with Crippen LogP contribution in [0.5, 0.6) is 0 Å². The molecule has 26 heavy (non-hydrogen) atoms. The smallest absolute Gasteiger partial charge is 0.350 e. The van der Waals surface area contributed by atoms with E-state index in [9.17, 15) is 19.8 Å². The molecular formula is C20H38O6. The van der Waals surface area contributed by atoms with E-state index < -0.39 is 23.6 Å². The molecule has 0 saturated heterocycles. The summed E-state index contributed by atoms with van der Waals surface area (Å²) in [6, 6.07) is 0. The molecule has 0 aromatic heterocycles. The first-order chi connectivity index (χ1) is 12.4. The first-order valence-corrected chi connectivity index (χ1v) is 10.2. The molecule has 0 aromatic rings. The number of aliphatic carboxylic acids is 2. The van der Waals surface area contributed by atoms with Crippen molar-refractivity contribution in [1.82, 2.24) is 0 Å². The van der Waals surface area contributed by atoms with E-state index in [0.717, 1.165) is 19.3 Å². The molecule has 6 heteroatoms. The number of aliphatic hydroxyl groups is 2. The molecule has 0 heterocycles. The van der Waals surface area contributed by atoms with Gasteiger partial charge in [-0.2, -0.15) is 0 Å². The Hall–Kier alpha value is -1.14. The monoisotopic (exact) mass is 374 g/mol. The fraction of sp³-hybridized carbons (Fsp3) is 0.900. The number of carbonyl (C=O) groups is 2. The third-order valence-corrected chi connectivity index (χ3v) is 4.97. The average molecular weight is 375 g/mol. The molecule has 0 aliphatic rings. The van der Waals surface area contributed by atoms with E-state index in [1.54, 1.807) is 0 Å². The Labute approximate surface area is 157 Å². The van der Waals surface area contributed by atoms with Crippen molar-refractivity contribution in [3.63, 3.8) is 0 Å². The molecule has 1 atom stereocenters. The Morgan fingerprint density at radius 3 is 1.31 bits per heavy atom. The largest absolute Gasteiger partial charge is 0.479 e. The second kappa shape index (κ2) is 15.0. The lowest BCUT2D eigenvalue weighted by molar-refractivity contribution is -0.189. The summed E-state index contributed by atoms with van der Waals surface area (Å²) in [6.45, 7) is 2.23. The Bertz CT molecular complexity index is 368. The Kier molecular flexibility index (Phi) is 14.3. The minimum absolute atomic E-state index is 0.0346. The maximum Gasteiger partial charge on any atom is 0.350 e.